The second kappa shape index (κ2) is 9.40. The van der Waals surface area contributed by atoms with E-state index in [0.29, 0.717) is 39.4 Å². The molecule has 0 saturated carbocycles. The van der Waals surface area contributed by atoms with Crippen LogP contribution in [0.15, 0.2) is 42.5 Å². The topological polar surface area (TPSA) is 46.6 Å². The highest BCUT2D eigenvalue weighted by Gasteiger charge is 2.43. The third-order valence-corrected chi connectivity index (χ3v) is 6.59. The van der Waals surface area contributed by atoms with Crippen LogP contribution in [0.4, 0.5) is 0 Å². The van der Waals surface area contributed by atoms with Gasteiger partial charge in [-0.15, -0.1) is 11.8 Å². The minimum absolute atomic E-state index is 0.267. The lowest BCUT2D eigenvalue weighted by atomic mass is 10.1. The van der Waals surface area contributed by atoms with Gasteiger partial charge >= 0.3 is 5.97 Å². The molecule has 8 heteroatoms. The van der Waals surface area contributed by atoms with Gasteiger partial charge in [0, 0.05) is 16.3 Å². The van der Waals surface area contributed by atoms with Crippen molar-refractivity contribution in [2.24, 2.45) is 0 Å². The van der Waals surface area contributed by atoms with Crippen LogP contribution in [0.25, 0.3) is 0 Å². The van der Waals surface area contributed by atoms with Gasteiger partial charge in [0.05, 0.1) is 16.7 Å². The molecule has 1 saturated heterocycles. The normalized spacial score (nSPS) is 18.9. The summed E-state index contributed by atoms with van der Waals surface area (Å²) in [6.45, 7) is 2.24. The summed E-state index contributed by atoms with van der Waals surface area (Å²) in [5.74, 6) is -0.234. The molecule has 0 aromatic heterocycles. The van der Waals surface area contributed by atoms with Crippen molar-refractivity contribution in [3.63, 3.8) is 0 Å². The predicted molar refractivity (Wildman–Crippen MR) is 114 cm³/mol. The van der Waals surface area contributed by atoms with Crippen LogP contribution < -0.4 is 0 Å². The fraction of sp³-hybridized carbons (Fsp3) is 0.300. The molecule has 2 aromatic rings. The van der Waals surface area contributed by atoms with E-state index in [4.69, 9.17) is 39.5 Å². The lowest BCUT2D eigenvalue weighted by molar-refractivity contribution is -0.148. The van der Waals surface area contributed by atoms with Gasteiger partial charge in [-0.2, -0.15) is 0 Å². The molecular weight excluding hydrogens is 441 g/mol. The summed E-state index contributed by atoms with van der Waals surface area (Å²) in [6, 6.07) is 11.1. The highest BCUT2D eigenvalue weighted by Crippen LogP contribution is 2.43. The molecule has 3 rings (SSSR count). The Morgan fingerprint density at radius 3 is 2.46 bits per heavy atom. The number of ether oxygens (including phenoxy) is 1. The van der Waals surface area contributed by atoms with Crippen molar-refractivity contribution < 1.29 is 14.3 Å². The zero-order valence-corrected chi connectivity index (χ0v) is 18.1. The summed E-state index contributed by atoms with van der Waals surface area (Å²) in [7, 11) is 0. The van der Waals surface area contributed by atoms with Crippen molar-refractivity contribution in [2.45, 2.75) is 24.8 Å². The lowest BCUT2D eigenvalue weighted by Crippen LogP contribution is -2.44. The smallest absolute Gasteiger partial charge is 0.329 e. The first-order valence-corrected chi connectivity index (χ1v) is 10.9. The molecule has 1 aliphatic heterocycles. The Hall–Kier alpha value is -1.40. The van der Waals surface area contributed by atoms with E-state index in [9.17, 15) is 9.59 Å². The first kappa shape index (κ1) is 21.3. The highest BCUT2D eigenvalue weighted by molar-refractivity contribution is 7.99. The SMILES string of the molecule is CCCOC(=O)C1CSC(c2ccc(Cl)c(Cl)c2)N1C(=O)c1ccc(Cl)cc1. The van der Waals surface area contributed by atoms with Crippen molar-refractivity contribution in [3.8, 4) is 0 Å². The number of rotatable bonds is 5. The van der Waals surface area contributed by atoms with Crippen molar-refractivity contribution in [3.05, 3.63) is 68.7 Å². The molecule has 4 nitrogen and oxygen atoms in total. The number of esters is 1. The van der Waals surface area contributed by atoms with Crippen LogP contribution in [0.1, 0.15) is 34.6 Å². The Morgan fingerprint density at radius 2 is 1.82 bits per heavy atom. The largest absolute Gasteiger partial charge is 0.464 e. The van der Waals surface area contributed by atoms with Crippen LogP contribution in [0.3, 0.4) is 0 Å². The molecule has 0 spiro atoms. The number of nitrogens with zero attached hydrogens (tertiary/aromatic N) is 1. The van der Waals surface area contributed by atoms with Gasteiger partial charge in [-0.1, -0.05) is 47.8 Å². The van der Waals surface area contributed by atoms with Crippen molar-refractivity contribution in [2.75, 3.05) is 12.4 Å². The number of hydrogen-bond acceptors (Lipinski definition) is 4. The van der Waals surface area contributed by atoms with Crippen molar-refractivity contribution in [1.29, 1.82) is 0 Å². The van der Waals surface area contributed by atoms with Crippen LogP contribution in [0.5, 0.6) is 0 Å². The molecule has 2 unspecified atom stereocenters. The summed E-state index contributed by atoms with van der Waals surface area (Å²) < 4.78 is 5.32. The molecule has 1 fully saturated rings. The quantitative estimate of drug-likeness (QED) is 0.527. The Balaban J connectivity index is 1.96. The van der Waals surface area contributed by atoms with E-state index in [1.165, 1.54) is 11.8 Å². The first-order chi connectivity index (χ1) is 13.4. The van der Waals surface area contributed by atoms with Gasteiger partial charge in [0.1, 0.15) is 11.4 Å². The molecular formula is C20H18Cl3NO3S. The van der Waals surface area contributed by atoms with Gasteiger partial charge in [-0.05, 0) is 48.4 Å². The standard InChI is InChI=1S/C20H18Cl3NO3S/c1-2-9-27-20(26)17-11-28-19(13-5-8-15(22)16(23)10-13)24(17)18(25)12-3-6-14(21)7-4-12/h3-8,10,17,19H,2,9,11H2,1H3. The molecule has 0 N–H and O–H groups in total. The molecule has 28 heavy (non-hydrogen) atoms. The van der Waals surface area contributed by atoms with E-state index in [-0.39, 0.29) is 11.3 Å². The van der Waals surface area contributed by atoms with E-state index in [0.717, 1.165) is 5.56 Å². The minimum Gasteiger partial charge on any atom is -0.464 e. The van der Waals surface area contributed by atoms with Gasteiger partial charge in [-0.3, -0.25) is 4.79 Å². The zero-order chi connectivity index (χ0) is 20.3. The number of amides is 1. The average Bonchev–Trinajstić information content (AvgIpc) is 3.13. The van der Waals surface area contributed by atoms with Crippen LogP contribution in [0.2, 0.25) is 15.1 Å². The summed E-state index contributed by atoms with van der Waals surface area (Å²) in [5, 5.41) is 0.989. The summed E-state index contributed by atoms with van der Waals surface area (Å²) in [4.78, 5) is 27.5. The first-order valence-electron chi connectivity index (χ1n) is 8.73. The monoisotopic (exact) mass is 457 g/mol. The number of benzene rings is 2. The molecule has 1 amide bonds. The van der Waals surface area contributed by atoms with E-state index in [1.54, 1.807) is 41.3 Å². The average molecular weight is 459 g/mol. The fourth-order valence-electron chi connectivity index (χ4n) is 2.90. The third-order valence-electron chi connectivity index (χ3n) is 4.28. The van der Waals surface area contributed by atoms with Gasteiger partial charge in [0.15, 0.2) is 0 Å². The molecule has 0 aliphatic carbocycles. The third kappa shape index (κ3) is 4.60. The van der Waals surface area contributed by atoms with Crippen LogP contribution in [0, 0.1) is 0 Å². The number of carbonyl (C=O) groups is 2. The molecule has 2 aromatic carbocycles. The van der Waals surface area contributed by atoms with E-state index in [2.05, 4.69) is 0 Å². The molecule has 148 valence electrons. The molecule has 2 atom stereocenters. The van der Waals surface area contributed by atoms with Crippen molar-refractivity contribution >= 4 is 58.4 Å². The fourth-order valence-corrected chi connectivity index (χ4v) is 4.74. The zero-order valence-electron chi connectivity index (χ0n) is 15.0. The minimum atomic E-state index is -0.681. The van der Waals surface area contributed by atoms with Gasteiger partial charge < -0.3 is 9.64 Å². The highest BCUT2D eigenvalue weighted by atomic mass is 35.5. The number of thioether (sulfide) groups is 1. The van der Waals surface area contributed by atoms with Gasteiger partial charge in [-0.25, -0.2) is 4.79 Å². The molecule has 0 bridgehead atoms. The van der Waals surface area contributed by atoms with E-state index in [1.807, 2.05) is 13.0 Å². The maximum atomic E-state index is 13.3. The summed E-state index contributed by atoms with van der Waals surface area (Å²) >= 11 is 19.6. The number of halogens is 3. The Bertz CT molecular complexity index is 875. The maximum Gasteiger partial charge on any atom is 0.329 e. The Kier molecular flexibility index (Phi) is 7.15. The lowest BCUT2D eigenvalue weighted by Gasteiger charge is -2.29. The van der Waals surface area contributed by atoms with Gasteiger partial charge in [0.2, 0.25) is 0 Å². The van der Waals surface area contributed by atoms with Crippen LogP contribution in [-0.4, -0.2) is 35.2 Å². The second-order valence-corrected chi connectivity index (χ2v) is 8.63. The summed E-state index contributed by atoms with van der Waals surface area (Å²) in [5.41, 5.74) is 1.25. The molecule has 0 radical (unpaired) electrons. The molecule has 1 heterocycles. The Morgan fingerprint density at radius 1 is 1.11 bits per heavy atom. The van der Waals surface area contributed by atoms with E-state index < -0.39 is 12.0 Å². The Labute approximate surface area is 183 Å². The van der Waals surface area contributed by atoms with Crippen LogP contribution >= 0.6 is 46.6 Å². The maximum absolute atomic E-state index is 13.3. The number of carbonyl (C=O) groups excluding carboxylic acids is 2. The predicted octanol–water partition coefficient (Wildman–Crippen LogP) is 5.86. The second-order valence-electron chi connectivity index (χ2n) is 6.26. The van der Waals surface area contributed by atoms with Crippen molar-refractivity contribution in [1.82, 2.24) is 4.90 Å². The number of hydrogen-bond donors (Lipinski definition) is 0. The van der Waals surface area contributed by atoms with E-state index >= 15 is 0 Å². The van der Waals surface area contributed by atoms with Crippen LogP contribution in [-0.2, 0) is 9.53 Å². The summed E-state index contributed by atoms with van der Waals surface area (Å²) in [6.07, 6.45) is 0.715. The molecule has 1 aliphatic rings. The van der Waals surface area contributed by atoms with Gasteiger partial charge in [0.25, 0.3) is 5.91 Å².